The smallest absolute Gasteiger partial charge is 0.255 e. The minimum atomic E-state index is 0.0501. The van der Waals surface area contributed by atoms with Gasteiger partial charge in [0.15, 0.2) is 5.82 Å². The fourth-order valence-corrected chi connectivity index (χ4v) is 3.72. The van der Waals surface area contributed by atoms with Crippen LogP contribution in [-0.2, 0) is 0 Å². The Morgan fingerprint density at radius 2 is 1.87 bits per heavy atom. The monoisotopic (exact) mass is 404 g/mol. The standard InChI is InChI=1S/C23H28N6O/c1-16(2)27-20-4-3-9-25-22(20)28-10-12-29(13-11-28)23(30)18-14-21(26-15-18)17-5-7-19(24)8-6-17/h3-9,14-16,26-27H,10-13,24H2,1-2H3. The van der Waals surface area contributed by atoms with Gasteiger partial charge in [-0.1, -0.05) is 12.1 Å². The predicted molar refractivity (Wildman–Crippen MR) is 122 cm³/mol. The number of pyridine rings is 1. The summed E-state index contributed by atoms with van der Waals surface area (Å²) in [6.07, 6.45) is 3.60. The van der Waals surface area contributed by atoms with E-state index in [4.69, 9.17) is 5.73 Å². The molecule has 4 rings (SSSR count). The summed E-state index contributed by atoms with van der Waals surface area (Å²) in [6, 6.07) is 13.8. The predicted octanol–water partition coefficient (Wildman–Crippen LogP) is 3.44. The molecule has 3 heterocycles. The van der Waals surface area contributed by atoms with Crippen LogP contribution in [0.5, 0.6) is 0 Å². The van der Waals surface area contributed by atoms with Gasteiger partial charge < -0.3 is 25.8 Å². The number of amides is 1. The van der Waals surface area contributed by atoms with Gasteiger partial charge in [0.05, 0.1) is 11.3 Å². The van der Waals surface area contributed by atoms with Crippen LogP contribution >= 0.6 is 0 Å². The van der Waals surface area contributed by atoms with Crippen LogP contribution in [0.2, 0.25) is 0 Å². The number of hydrogen-bond donors (Lipinski definition) is 3. The molecule has 3 aromatic rings. The highest BCUT2D eigenvalue weighted by molar-refractivity contribution is 5.95. The second kappa shape index (κ2) is 8.49. The zero-order valence-electron chi connectivity index (χ0n) is 17.4. The summed E-state index contributed by atoms with van der Waals surface area (Å²) in [5.74, 6) is 1.000. The number of benzene rings is 1. The largest absolute Gasteiger partial charge is 0.399 e. The van der Waals surface area contributed by atoms with Crippen molar-refractivity contribution in [2.24, 2.45) is 0 Å². The van der Waals surface area contributed by atoms with E-state index in [0.29, 0.717) is 24.7 Å². The summed E-state index contributed by atoms with van der Waals surface area (Å²) in [5.41, 5.74) is 10.1. The molecule has 1 aromatic carbocycles. The van der Waals surface area contributed by atoms with Gasteiger partial charge >= 0.3 is 0 Å². The summed E-state index contributed by atoms with van der Waals surface area (Å²) in [5, 5.41) is 3.46. The van der Waals surface area contributed by atoms with Crippen molar-refractivity contribution in [2.75, 3.05) is 42.1 Å². The van der Waals surface area contributed by atoms with E-state index >= 15 is 0 Å². The lowest BCUT2D eigenvalue weighted by atomic mass is 10.1. The Morgan fingerprint density at radius 3 is 2.57 bits per heavy atom. The van der Waals surface area contributed by atoms with E-state index in [9.17, 15) is 4.79 Å². The maximum absolute atomic E-state index is 13.0. The van der Waals surface area contributed by atoms with Crippen LogP contribution < -0.4 is 16.0 Å². The van der Waals surface area contributed by atoms with E-state index in [0.717, 1.165) is 41.5 Å². The lowest BCUT2D eigenvalue weighted by molar-refractivity contribution is 0.0747. The molecule has 0 saturated carbocycles. The molecule has 1 fully saturated rings. The number of aromatic amines is 1. The average molecular weight is 405 g/mol. The minimum Gasteiger partial charge on any atom is -0.399 e. The summed E-state index contributed by atoms with van der Waals surface area (Å²) in [4.78, 5) is 24.9. The molecular formula is C23H28N6O. The molecule has 156 valence electrons. The number of piperazine rings is 1. The zero-order valence-corrected chi connectivity index (χ0v) is 17.4. The number of nitrogens with two attached hydrogens (primary N) is 1. The molecule has 30 heavy (non-hydrogen) atoms. The van der Waals surface area contributed by atoms with Crippen LogP contribution in [0, 0.1) is 0 Å². The van der Waals surface area contributed by atoms with Gasteiger partial charge in [0, 0.05) is 56.0 Å². The molecule has 2 aromatic heterocycles. The summed E-state index contributed by atoms with van der Waals surface area (Å²) < 4.78 is 0. The van der Waals surface area contributed by atoms with Crippen LogP contribution in [0.25, 0.3) is 11.3 Å². The van der Waals surface area contributed by atoms with Gasteiger partial charge in [-0.05, 0) is 49.7 Å². The first kappa shape index (κ1) is 19.8. The van der Waals surface area contributed by atoms with Crippen molar-refractivity contribution in [3.05, 3.63) is 60.4 Å². The van der Waals surface area contributed by atoms with Gasteiger partial charge in [0.2, 0.25) is 0 Å². The molecule has 4 N–H and O–H groups in total. The molecule has 0 spiro atoms. The van der Waals surface area contributed by atoms with E-state index in [1.165, 1.54) is 0 Å². The average Bonchev–Trinajstić information content (AvgIpc) is 3.24. The van der Waals surface area contributed by atoms with Gasteiger partial charge in [0.1, 0.15) is 0 Å². The highest BCUT2D eigenvalue weighted by Gasteiger charge is 2.25. The van der Waals surface area contributed by atoms with E-state index in [-0.39, 0.29) is 5.91 Å². The SMILES string of the molecule is CC(C)Nc1cccnc1N1CCN(C(=O)c2c[nH]c(-c3ccc(N)cc3)c2)CC1. The lowest BCUT2D eigenvalue weighted by Gasteiger charge is -2.36. The van der Waals surface area contributed by atoms with Crippen molar-refractivity contribution in [3.63, 3.8) is 0 Å². The second-order valence-electron chi connectivity index (χ2n) is 7.88. The van der Waals surface area contributed by atoms with Crippen LogP contribution in [0.15, 0.2) is 54.9 Å². The first-order chi connectivity index (χ1) is 14.5. The number of rotatable bonds is 5. The Hall–Kier alpha value is -3.48. The van der Waals surface area contributed by atoms with Crippen LogP contribution in [0.3, 0.4) is 0 Å². The molecule has 1 saturated heterocycles. The number of hydrogen-bond acceptors (Lipinski definition) is 5. The van der Waals surface area contributed by atoms with Crippen molar-refractivity contribution in [1.29, 1.82) is 0 Å². The fourth-order valence-electron chi connectivity index (χ4n) is 3.72. The Labute approximate surface area is 176 Å². The van der Waals surface area contributed by atoms with Crippen LogP contribution in [0.1, 0.15) is 24.2 Å². The van der Waals surface area contributed by atoms with Gasteiger partial charge in [-0.3, -0.25) is 4.79 Å². The van der Waals surface area contributed by atoms with E-state index in [1.54, 1.807) is 6.20 Å². The van der Waals surface area contributed by atoms with Crippen molar-refractivity contribution in [2.45, 2.75) is 19.9 Å². The molecule has 0 unspecified atom stereocenters. The third-order valence-corrected chi connectivity index (χ3v) is 5.25. The fraction of sp³-hybridized carbons (Fsp3) is 0.304. The molecule has 0 bridgehead atoms. The molecule has 0 atom stereocenters. The Balaban J connectivity index is 1.41. The van der Waals surface area contributed by atoms with Crippen LogP contribution in [-0.4, -0.2) is 53.0 Å². The van der Waals surface area contributed by atoms with E-state index in [1.807, 2.05) is 47.5 Å². The highest BCUT2D eigenvalue weighted by atomic mass is 16.2. The number of nitrogens with one attached hydrogen (secondary N) is 2. The van der Waals surface area contributed by atoms with Crippen molar-refractivity contribution in [3.8, 4) is 11.3 Å². The zero-order chi connectivity index (χ0) is 21.1. The normalized spacial score (nSPS) is 14.2. The number of carbonyl (C=O) groups is 1. The molecule has 7 nitrogen and oxygen atoms in total. The molecule has 1 aliphatic heterocycles. The first-order valence-electron chi connectivity index (χ1n) is 10.3. The quantitative estimate of drug-likeness (QED) is 0.567. The third kappa shape index (κ3) is 4.25. The first-order valence-corrected chi connectivity index (χ1v) is 10.3. The maximum Gasteiger partial charge on any atom is 0.255 e. The summed E-state index contributed by atoms with van der Waals surface area (Å²) in [6.45, 7) is 7.07. The topological polar surface area (TPSA) is 90.3 Å². The summed E-state index contributed by atoms with van der Waals surface area (Å²) in [7, 11) is 0. The molecular weight excluding hydrogens is 376 g/mol. The number of H-pyrrole nitrogens is 1. The Morgan fingerprint density at radius 1 is 1.13 bits per heavy atom. The van der Waals surface area contributed by atoms with Crippen LogP contribution in [0.4, 0.5) is 17.2 Å². The van der Waals surface area contributed by atoms with Crippen molar-refractivity contribution in [1.82, 2.24) is 14.9 Å². The maximum atomic E-state index is 13.0. The molecule has 0 aliphatic carbocycles. The number of aromatic nitrogens is 2. The third-order valence-electron chi connectivity index (χ3n) is 5.25. The number of anilines is 3. The molecule has 1 aliphatic rings. The van der Waals surface area contributed by atoms with E-state index < -0.39 is 0 Å². The van der Waals surface area contributed by atoms with E-state index in [2.05, 4.69) is 40.1 Å². The van der Waals surface area contributed by atoms with Gasteiger partial charge in [-0.25, -0.2) is 4.98 Å². The molecule has 7 heteroatoms. The van der Waals surface area contributed by atoms with Gasteiger partial charge in [-0.15, -0.1) is 0 Å². The Kier molecular flexibility index (Phi) is 5.61. The number of carbonyl (C=O) groups excluding carboxylic acids is 1. The Bertz CT molecular complexity index is 1000. The van der Waals surface area contributed by atoms with Gasteiger partial charge in [0.25, 0.3) is 5.91 Å². The van der Waals surface area contributed by atoms with Crippen molar-refractivity contribution >= 4 is 23.1 Å². The minimum absolute atomic E-state index is 0.0501. The second-order valence-corrected chi connectivity index (χ2v) is 7.88. The molecule has 1 amide bonds. The number of nitrogen functional groups attached to an aromatic ring is 1. The summed E-state index contributed by atoms with van der Waals surface area (Å²) >= 11 is 0. The lowest BCUT2D eigenvalue weighted by Crippen LogP contribution is -2.49. The van der Waals surface area contributed by atoms with Gasteiger partial charge in [-0.2, -0.15) is 0 Å². The van der Waals surface area contributed by atoms with Crippen molar-refractivity contribution < 1.29 is 4.79 Å². The number of nitrogens with zero attached hydrogens (tertiary/aromatic N) is 3. The highest BCUT2D eigenvalue weighted by Crippen LogP contribution is 2.25. The molecule has 0 radical (unpaired) electrons.